The van der Waals surface area contributed by atoms with E-state index in [1.807, 2.05) is 24.3 Å². The van der Waals surface area contributed by atoms with Crippen molar-refractivity contribution in [1.29, 1.82) is 0 Å². The Kier molecular flexibility index (Phi) is 7.69. The molecule has 0 saturated carbocycles. The van der Waals surface area contributed by atoms with E-state index in [0.717, 1.165) is 30.9 Å². The first kappa shape index (κ1) is 16.5. The zero-order chi connectivity index (χ0) is 14.8. The summed E-state index contributed by atoms with van der Waals surface area (Å²) in [7, 11) is 0. The molecule has 0 unspecified atom stereocenters. The van der Waals surface area contributed by atoms with Crippen molar-refractivity contribution in [1.82, 2.24) is 10.2 Å². The van der Waals surface area contributed by atoms with Gasteiger partial charge in [-0.2, -0.15) is 0 Å². The molecule has 112 valence electrons. The van der Waals surface area contributed by atoms with Gasteiger partial charge in [0.05, 0.1) is 6.54 Å². The van der Waals surface area contributed by atoms with E-state index in [1.165, 1.54) is 0 Å². The van der Waals surface area contributed by atoms with Crippen molar-refractivity contribution in [2.24, 2.45) is 5.73 Å². The van der Waals surface area contributed by atoms with Crippen LogP contribution in [0.15, 0.2) is 24.3 Å². The maximum Gasteiger partial charge on any atom is 0.234 e. The van der Waals surface area contributed by atoms with Crippen LogP contribution < -0.4 is 15.8 Å². The summed E-state index contributed by atoms with van der Waals surface area (Å²) in [5.41, 5.74) is 6.26. The average molecular weight is 279 g/mol. The molecule has 0 heterocycles. The van der Waals surface area contributed by atoms with E-state index < -0.39 is 0 Å². The van der Waals surface area contributed by atoms with Crippen LogP contribution in [0.25, 0.3) is 0 Å². The number of hydrogen-bond donors (Lipinski definition) is 2. The largest absolute Gasteiger partial charge is 0.492 e. The first-order valence-electron chi connectivity index (χ1n) is 7.10. The summed E-state index contributed by atoms with van der Waals surface area (Å²) in [6.07, 6.45) is 0. The lowest BCUT2D eigenvalue weighted by Crippen LogP contribution is -2.29. The molecule has 0 bridgehead atoms. The number of carbonyl (C=O) groups is 1. The molecule has 3 N–H and O–H groups in total. The van der Waals surface area contributed by atoms with Crippen molar-refractivity contribution in [3.63, 3.8) is 0 Å². The summed E-state index contributed by atoms with van der Waals surface area (Å²) in [6.45, 7) is 8.51. The third-order valence-electron chi connectivity index (χ3n) is 3.17. The zero-order valence-corrected chi connectivity index (χ0v) is 12.4. The van der Waals surface area contributed by atoms with Gasteiger partial charge < -0.3 is 20.7 Å². The second-order valence-corrected chi connectivity index (χ2v) is 4.50. The Morgan fingerprint density at radius 3 is 2.45 bits per heavy atom. The van der Waals surface area contributed by atoms with Gasteiger partial charge in [0, 0.05) is 13.1 Å². The third kappa shape index (κ3) is 6.04. The van der Waals surface area contributed by atoms with Gasteiger partial charge in [0.15, 0.2) is 0 Å². The van der Waals surface area contributed by atoms with E-state index in [2.05, 4.69) is 24.1 Å². The Morgan fingerprint density at radius 2 is 1.90 bits per heavy atom. The average Bonchev–Trinajstić information content (AvgIpc) is 2.50. The molecule has 0 aliphatic carbocycles. The van der Waals surface area contributed by atoms with Gasteiger partial charge in [0.1, 0.15) is 12.4 Å². The molecule has 0 spiro atoms. The Morgan fingerprint density at radius 1 is 1.25 bits per heavy atom. The molecule has 0 radical (unpaired) electrons. The van der Waals surface area contributed by atoms with E-state index >= 15 is 0 Å². The fourth-order valence-corrected chi connectivity index (χ4v) is 1.81. The summed E-state index contributed by atoms with van der Waals surface area (Å²) in [5, 5.41) is 2.73. The van der Waals surface area contributed by atoms with Crippen molar-refractivity contribution in [3.8, 4) is 5.75 Å². The summed E-state index contributed by atoms with van der Waals surface area (Å²) < 4.78 is 5.69. The number of amides is 1. The van der Waals surface area contributed by atoms with Gasteiger partial charge in [-0.3, -0.25) is 4.79 Å². The highest BCUT2D eigenvalue weighted by atomic mass is 16.5. The highest BCUT2D eigenvalue weighted by molar-refractivity contribution is 5.77. The number of nitrogens with one attached hydrogen (secondary N) is 1. The maximum absolute atomic E-state index is 11.0. The predicted molar refractivity (Wildman–Crippen MR) is 80.6 cm³/mol. The summed E-state index contributed by atoms with van der Waals surface area (Å²) in [6, 6.07) is 7.74. The fraction of sp³-hybridized carbons (Fsp3) is 0.533. The molecule has 0 saturated heterocycles. The fourth-order valence-electron chi connectivity index (χ4n) is 1.81. The van der Waals surface area contributed by atoms with E-state index in [0.29, 0.717) is 13.2 Å². The number of carbonyl (C=O) groups excluding carboxylic acids is 1. The minimum absolute atomic E-state index is 0.0204. The molecular weight excluding hydrogens is 254 g/mol. The summed E-state index contributed by atoms with van der Waals surface area (Å²) in [4.78, 5) is 13.4. The molecule has 1 amide bonds. The summed E-state index contributed by atoms with van der Waals surface area (Å²) in [5.74, 6) is 0.704. The SMILES string of the molecule is CCN(CC)CCOc1ccc(CNC(=O)CN)cc1. The molecule has 1 aromatic carbocycles. The third-order valence-corrected chi connectivity index (χ3v) is 3.17. The quantitative estimate of drug-likeness (QED) is 0.707. The number of ether oxygens (including phenoxy) is 1. The second kappa shape index (κ2) is 9.34. The Labute approximate surface area is 121 Å². The van der Waals surface area contributed by atoms with Gasteiger partial charge in [-0.1, -0.05) is 26.0 Å². The minimum atomic E-state index is -0.149. The standard InChI is InChI=1S/C15H25N3O2/c1-3-18(4-2)9-10-20-14-7-5-13(6-8-14)12-17-15(19)11-16/h5-8H,3-4,9-12,16H2,1-2H3,(H,17,19). The predicted octanol–water partition coefficient (Wildman–Crippen LogP) is 0.982. The van der Waals surface area contributed by atoms with Crippen molar-refractivity contribution < 1.29 is 9.53 Å². The lowest BCUT2D eigenvalue weighted by molar-refractivity contribution is -0.119. The minimum Gasteiger partial charge on any atom is -0.492 e. The summed E-state index contributed by atoms with van der Waals surface area (Å²) >= 11 is 0. The first-order chi connectivity index (χ1) is 9.69. The van der Waals surface area contributed by atoms with E-state index in [4.69, 9.17) is 10.5 Å². The monoisotopic (exact) mass is 279 g/mol. The molecular formula is C15H25N3O2. The van der Waals surface area contributed by atoms with E-state index in [9.17, 15) is 4.79 Å². The first-order valence-corrected chi connectivity index (χ1v) is 7.10. The van der Waals surface area contributed by atoms with Gasteiger partial charge in [0.25, 0.3) is 0 Å². The highest BCUT2D eigenvalue weighted by Crippen LogP contribution is 2.12. The van der Waals surface area contributed by atoms with Crippen LogP contribution in [0.1, 0.15) is 19.4 Å². The normalized spacial score (nSPS) is 10.6. The number of hydrogen-bond acceptors (Lipinski definition) is 4. The van der Waals surface area contributed by atoms with Crippen LogP contribution in [0, 0.1) is 0 Å². The maximum atomic E-state index is 11.0. The highest BCUT2D eigenvalue weighted by Gasteiger charge is 2.01. The van der Waals surface area contributed by atoms with Crippen molar-refractivity contribution >= 4 is 5.91 Å². The van der Waals surface area contributed by atoms with Crippen LogP contribution in [-0.2, 0) is 11.3 Å². The molecule has 0 aliphatic heterocycles. The lowest BCUT2D eigenvalue weighted by atomic mass is 10.2. The van der Waals surface area contributed by atoms with Crippen LogP contribution in [0.2, 0.25) is 0 Å². The number of nitrogens with zero attached hydrogens (tertiary/aromatic N) is 1. The van der Waals surface area contributed by atoms with E-state index in [1.54, 1.807) is 0 Å². The van der Waals surface area contributed by atoms with E-state index in [-0.39, 0.29) is 12.5 Å². The van der Waals surface area contributed by atoms with Gasteiger partial charge in [-0.25, -0.2) is 0 Å². The molecule has 20 heavy (non-hydrogen) atoms. The number of likely N-dealkylation sites (N-methyl/N-ethyl adjacent to an activating group) is 1. The van der Waals surface area contributed by atoms with Crippen LogP contribution in [0.4, 0.5) is 0 Å². The number of benzene rings is 1. The molecule has 5 heteroatoms. The van der Waals surface area contributed by atoms with Crippen LogP contribution >= 0.6 is 0 Å². The van der Waals surface area contributed by atoms with Crippen molar-refractivity contribution in [3.05, 3.63) is 29.8 Å². The Bertz CT molecular complexity index is 389. The Hall–Kier alpha value is -1.59. The lowest BCUT2D eigenvalue weighted by Gasteiger charge is -2.18. The smallest absolute Gasteiger partial charge is 0.234 e. The molecule has 1 aromatic rings. The van der Waals surface area contributed by atoms with Crippen molar-refractivity contribution in [2.75, 3.05) is 32.8 Å². The Balaban J connectivity index is 2.33. The van der Waals surface area contributed by atoms with Gasteiger partial charge in [-0.15, -0.1) is 0 Å². The molecule has 1 rings (SSSR count). The van der Waals surface area contributed by atoms with Gasteiger partial charge in [-0.05, 0) is 30.8 Å². The van der Waals surface area contributed by atoms with Crippen LogP contribution in [0.3, 0.4) is 0 Å². The molecule has 5 nitrogen and oxygen atoms in total. The molecule has 0 aliphatic rings. The number of nitrogens with two attached hydrogens (primary N) is 1. The van der Waals surface area contributed by atoms with Crippen LogP contribution in [0.5, 0.6) is 5.75 Å². The molecule has 0 atom stereocenters. The molecule has 0 fully saturated rings. The molecule has 0 aromatic heterocycles. The van der Waals surface area contributed by atoms with Gasteiger partial charge in [0.2, 0.25) is 5.91 Å². The van der Waals surface area contributed by atoms with Crippen LogP contribution in [-0.4, -0.2) is 43.6 Å². The van der Waals surface area contributed by atoms with Gasteiger partial charge >= 0.3 is 0 Å². The topological polar surface area (TPSA) is 67.6 Å². The van der Waals surface area contributed by atoms with Crippen molar-refractivity contribution in [2.45, 2.75) is 20.4 Å². The number of rotatable bonds is 9. The second-order valence-electron chi connectivity index (χ2n) is 4.50. The zero-order valence-electron chi connectivity index (χ0n) is 12.4.